The highest BCUT2D eigenvalue weighted by Crippen LogP contribution is 2.09. The minimum Gasteiger partial charge on any atom is -0.465 e. The normalized spacial score (nSPS) is 13.3. The lowest BCUT2D eigenvalue weighted by Crippen LogP contribution is -2.32. The van der Waals surface area contributed by atoms with Crippen molar-refractivity contribution in [3.8, 4) is 0 Å². The fourth-order valence-electron chi connectivity index (χ4n) is 2.14. The summed E-state index contributed by atoms with van der Waals surface area (Å²) in [6, 6.07) is -0.580. The van der Waals surface area contributed by atoms with Crippen molar-refractivity contribution < 1.29 is 19.1 Å². The van der Waals surface area contributed by atoms with Crippen LogP contribution in [0.5, 0.6) is 0 Å². The summed E-state index contributed by atoms with van der Waals surface area (Å²) in [6.45, 7) is 3.77. The summed E-state index contributed by atoms with van der Waals surface area (Å²) in [5.41, 5.74) is 16.5. The maximum Gasteiger partial charge on any atom is 0.322 e. The van der Waals surface area contributed by atoms with Gasteiger partial charge in [0.15, 0.2) is 0 Å². The first-order valence-corrected chi connectivity index (χ1v) is 9.01. The first kappa shape index (κ1) is 22.8. The molecule has 0 aliphatic carbocycles. The Morgan fingerprint density at radius 2 is 1.29 bits per heavy atom. The van der Waals surface area contributed by atoms with Gasteiger partial charge in [-0.2, -0.15) is 0 Å². The Labute approximate surface area is 145 Å². The van der Waals surface area contributed by atoms with Crippen LogP contribution < -0.4 is 17.2 Å². The second-order valence-electron chi connectivity index (χ2n) is 6.12. The standard InChI is InChI=1S/C17H35N3O4/c1-14(8-2-4-10-18)16(21)23-12-6-7-13-24-17(22)15(20)9-3-5-11-19/h14-15H,2-13,18-20H2,1H3. The van der Waals surface area contributed by atoms with Crippen LogP contribution in [0.2, 0.25) is 0 Å². The van der Waals surface area contributed by atoms with E-state index in [4.69, 9.17) is 26.7 Å². The second-order valence-corrected chi connectivity index (χ2v) is 6.12. The number of esters is 2. The third kappa shape index (κ3) is 12.3. The van der Waals surface area contributed by atoms with E-state index in [9.17, 15) is 9.59 Å². The van der Waals surface area contributed by atoms with Gasteiger partial charge in [0, 0.05) is 0 Å². The van der Waals surface area contributed by atoms with Crippen LogP contribution in [-0.4, -0.2) is 44.3 Å². The van der Waals surface area contributed by atoms with E-state index in [1.165, 1.54) is 0 Å². The Bertz CT molecular complexity index is 308. The molecule has 7 nitrogen and oxygen atoms in total. The lowest BCUT2D eigenvalue weighted by Gasteiger charge is -2.12. The molecule has 0 bridgehead atoms. The van der Waals surface area contributed by atoms with Crippen molar-refractivity contribution >= 4 is 11.9 Å². The van der Waals surface area contributed by atoms with Crippen molar-refractivity contribution in [2.45, 2.75) is 64.3 Å². The van der Waals surface area contributed by atoms with Gasteiger partial charge in [-0.25, -0.2) is 0 Å². The van der Waals surface area contributed by atoms with Crippen LogP contribution in [0, 0.1) is 5.92 Å². The maximum absolute atomic E-state index is 11.7. The van der Waals surface area contributed by atoms with Crippen molar-refractivity contribution in [3.05, 3.63) is 0 Å². The van der Waals surface area contributed by atoms with Crippen LogP contribution in [0.25, 0.3) is 0 Å². The largest absolute Gasteiger partial charge is 0.465 e. The summed E-state index contributed by atoms with van der Waals surface area (Å²) in [6.07, 6.45) is 6.26. The van der Waals surface area contributed by atoms with Crippen molar-refractivity contribution in [3.63, 3.8) is 0 Å². The second kappa shape index (κ2) is 15.4. The third-order valence-electron chi connectivity index (χ3n) is 3.79. The van der Waals surface area contributed by atoms with E-state index in [1.807, 2.05) is 6.92 Å². The predicted molar refractivity (Wildman–Crippen MR) is 94.1 cm³/mol. The topological polar surface area (TPSA) is 131 Å². The summed E-state index contributed by atoms with van der Waals surface area (Å²) >= 11 is 0. The molecule has 0 aliphatic heterocycles. The van der Waals surface area contributed by atoms with Crippen molar-refractivity contribution in [2.24, 2.45) is 23.1 Å². The summed E-state index contributed by atoms with van der Waals surface area (Å²) in [7, 11) is 0. The van der Waals surface area contributed by atoms with E-state index in [0.717, 1.165) is 32.1 Å². The van der Waals surface area contributed by atoms with Crippen LogP contribution in [0.15, 0.2) is 0 Å². The molecule has 7 heteroatoms. The van der Waals surface area contributed by atoms with Gasteiger partial charge in [-0.1, -0.05) is 19.8 Å². The van der Waals surface area contributed by atoms with Crippen LogP contribution >= 0.6 is 0 Å². The smallest absolute Gasteiger partial charge is 0.322 e. The van der Waals surface area contributed by atoms with E-state index >= 15 is 0 Å². The molecule has 142 valence electrons. The van der Waals surface area contributed by atoms with Gasteiger partial charge in [-0.3, -0.25) is 9.59 Å². The van der Waals surface area contributed by atoms with Crippen LogP contribution in [-0.2, 0) is 19.1 Å². The lowest BCUT2D eigenvalue weighted by molar-refractivity contribution is -0.149. The van der Waals surface area contributed by atoms with Crippen molar-refractivity contribution in [1.29, 1.82) is 0 Å². The Hall–Kier alpha value is -1.18. The number of nitrogens with two attached hydrogens (primary N) is 3. The summed E-state index contributed by atoms with van der Waals surface area (Å²) < 4.78 is 10.3. The quantitative estimate of drug-likeness (QED) is 0.299. The molecule has 0 aromatic rings. The van der Waals surface area contributed by atoms with Gasteiger partial charge >= 0.3 is 11.9 Å². The molecule has 0 aromatic carbocycles. The Morgan fingerprint density at radius 1 is 0.792 bits per heavy atom. The predicted octanol–water partition coefficient (Wildman–Crippen LogP) is 1.07. The summed E-state index contributed by atoms with van der Waals surface area (Å²) in [5.74, 6) is -0.649. The molecule has 0 heterocycles. The highest BCUT2D eigenvalue weighted by molar-refractivity contribution is 5.75. The number of rotatable bonds is 15. The molecule has 2 unspecified atom stereocenters. The van der Waals surface area contributed by atoms with Crippen LogP contribution in [0.4, 0.5) is 0 Å². The zero-order chi connectivity index (χ0) is 18.2. The first-order valence-electron chi connectivity index (χ1n) is 9.01. The zero-order valence-corrected chi connectivity index (χ0v) is 15.0. The molecule has 0 rings (SSSR count). The van der Waals surface area contributed by atoms with Gasteiger partial charge in [0.25, 0.3) is 0 Å². The summed E-state index contributed by atoms with van der Waals surface area (Å²) in [4.78, 5) is 23.3. The van der Waals surface area contributed by atoms with E-state index in [2.05, 4.69) is 0 Å². The van der Waals surface area contributed by atoms with Gasteiger partial charge in [-0.05, 0) is 51.6 Å². The molecule has 0 saturated heterocycles. The molecular formula is C17H35N3O4. The van der Waals surface area contributed by atoms with Crippen molar-refractivity contribution in [1.82, 2.24) is 0 Å². The number of hydrogen-bond donors (Lipinski definition) is 3. The maximum atomic E-state index is 11.7. The van der Waals surface area contributed by atoms with Crippen LogP contribution in [0.1, 0.15) is 58.3 Å². The molecule has 6 N–H and O–H groups in total. The average molecular weight is 345 g/mol. The van der Waals surface area contributed by atoms with Gasteiger partial charge in [-0.15, -0.1) is 0 Å². The molecule has 0 aliphatic rings. The lowest BCUT2D eigenvalue weighted by atomic mass is 10.0. The fraction of sp³-hybridized carbons (Fsp3) is 0.882. The number of ether oxygens (including phenoxy) is 2. The molecule has 0 saturated carbocycles. The van der Waals surface area contributed by atoms with Gasteiger partial charge in [0.2, 0.25) is 0 Å². The minimum atomic E-state index is -0.580. The zero-order valence-electron chi connectivity index (χ0n) is 15.0. The minimum absolute atomic E-state index is 0.0964. The van der Waals surface area contributed by atoms with Crippen molar-refractivity contribution in [2.75, 3.05) is 26.3 Å². The van der Waals surface area contributed by atoms with Gasteiger partial charge in [0.05, 0.1) is 19.1 Å². The van der Waals surface area contributed by atoms with E-state index in [-0.39, 0.29) is 17.9 Å². The Kier molecular flexibility index (Phi) is 14.6. The highest BCUT2D eigenvalue weighted by Gasteiger charge is 2.15. The highest BCUT2D eigenvalue weighted by atomic mass is 16.5. The first-order chi connectivity index (χ1) is 11.5. The number of unbranched alkanes of at least 4 members (excludes halogenated alkanes) is 3. The average Bonchev–Trinajstić information content (AvgIpc) is 2.57. The van der Waals surface area contributed by atoms with E-state index in [1.54, 1.807) is 0 Å². The molecule has 0 aromatic heterocycles. The molecule has 0 fully saturated rings. The molecule has 24 heavy (non-hydrogen) atoms. The SMILES string of the molecule is CC(CCCCN)C(=O)OCCCCOC(=O)C(N)CCCCN. The summed E-state index contributed by atoms with van der Waals surface area (Å²) in [5, 5.41) is 0. The van der Waals surface area contributed by atoms with Gasteiger partial charge < -0.3 is 26.7 Å². The Morgan fingerprint density at radius 3 is 1.83 bits per heavy atom. The number of carbonyl (C=O) groups excluding carboxylic acids is 2. The third-order valence-corrected chi connectivity index (χ3v) is 3.79. The molecular weight excluding hydrogens is 310 g/mol. The van der Waals surface area contributed by atoms with Crippen LogP contribution in [0.3, 0.4) is 0 Å². The molecule has 2 atom stereocenters. The number of hydrogen-bond acceptors (Lipinski definition) is 7. The molecule has 0 spiro atoms. The van der Waals surface area contributed by atoms with E-state index < -0.39 is 6.04 Å². The molecule has 0 amide bonds. The fourth-order valence-corrected chi connectivity index (χ4v) is 2.14. The molecule has 0 radical (unpaired) electrons. The monoisotopic (exact) mass is 345 g/mol. The number of carbonyl (C=O) groups is 2. The Balaban J connectivity index is 3.58. The van der Waals surface area contributed by atoms with Gasteiger partial charge in [0.1, 0.15) is 6.04 Å². The van der Waals surface area contributed by atoms with E-state index in [0.29, 0.717) is 45.6 Å².